The van der Waals surface area contributed by atoms with E-state index in [0.29, 0.717) is 32.6 Å². The lowest BCUT2D eigenvalue weighted by Gasteiger charge is -2.37. The van der Waals surface area contributed by atoms with Gasteiger partial charge < -0.3 is 15.5 Å². The highest BCUT2D eigenvalue weighted by Gasteiger charge is 2.55. The van der Waals surface area contributed by atoms with Crippen molar-refractivity contribution >= 4 is 29.4 Å². The number of imide groups is 1. The van der Waals surface area contributed by atoms with Crippen LogP contribution in [0.2, 0.25) is 0 Å². The molecular formula is C25H35N5O4. The van der Waals surface area contributed by atoms with Gasteiger partial charge in [0.15, 0.2) is 0 Å². The Bertz CT molecular complexity index is 967. The number of piperazine rings is 1. The number of aryl methyl sites for hydroxylation is 2. The van der Waals surface area contributed by atoms with Crippen LogP contribution in [-0.2, 0) is 14.4 Å². The van der Waals surface area contributed by atoms with Crippen molar-refractivity contribution in [3.63, 3.8) is 0 Å². The number of rotatable bonds is 5. The van der Waals surface area contributed by atoms with Gasteiger partial charge >= 0.3 is 6.03 Å². The molecule has 34 heavy (non-hydrogen) atoms. The van der Waals surface area contributed by atoms with Gasteiger partial charge in [0.1, 0.15) is 12.1 Å². The molecule has 1 saturated carbocycles. The second kappa shape index (κ2) is 9.74. The number of para-hydroxylation sites is 1. The number of carbonyl (C=O) groups is 4. The first-order valence-electron chi connectivity index (χ1n) is 12.2. The topological polar surface area (TPSA) is 102 Å². The van der Waals surface area contributed by atoms with E-state index in [2.05, 4.69) is 10.6 Å². The van der Waals surface area contributed by atoms with Gasteiger partial charge in [-0.25, -0.2) is 4.79 Å². The van der Waals surface area contributed by atoms with E-state index in [1.54, 1.807) is 4.90 Å². The van der Waals surface area contributed by atoms with Gasteiger partial charge in [0, 0.05) is 31.9 Å². The summed E-state index contributed by atoms with van der Waals surface area (Å²) in [7, 11) is 0. The molecule has 4 rings (SSSR count). The minimum Gasteiger partial charge on any atom is -0.339 e. The Morgan fingerprint density at radius 1 is 1.06 bits per heavy atom. The summed E-state index contributed by atoms with van der Waals surface area (Å²) in [5, 5.41) is 5.90. The zero-order valence-electron chi connectivity index (χ0n) is 20.4. The van der Waals surface area contributed by atoms with Crippen molar-refractivity contribution < 1.29 is 19.2 Å². The quantitative estimate of drug-likeness (QED) is 0.642. The molecule has 9 nitrogen and oxygen atoms in total. The van der Waals surface area contributed by atoms with Gasteiger partial charge in [0.25, 0.3) is 5.91 Å². The zero-order chi connectivity index (χ0) is 24.5. The van der Waals surface area contributed by atoms with E-state index in [1.807, 2.05) is 43.9 Å². The summed E-state index contributed by atoms with van der Waals surface area (Å²) in [5.74, 6) is -0.511. The Balaban J connectivity index is 1.27. The van der Waals surface area contributed by atoms with Crippen LogP contribution >= 0.6 is 0 Å². The molecule has 2 saturated heterocycles. The maximum Gasteiger partial charge on any atom is 0.325 e. The Hall–Kier alpha value is -2.94. The lowest BCUT2D eigenvalue weighted by Crippen LogP contribution is -2.55. The molecule has 2 atom stereocenters. The second-order valence-corrected chi connectivity index (χ2v) is 9.91. The summed E-state index contributed by atoms with van der Waals surface area (Å²) in [6.45, 7) is 8.00. The predicted molar refractivity (Wildman–Crippen MR) is 128 cm³/mol. The number of nitrogens with zero attached hydrogens (tertiary/aromatic N) is 3. The van der Waals surface area contributed by atoms with Crippen molar-refractivity contribution in [2.45, 2.75) is 52.0 Å². The lowest BCUT2D eigenvalue weighted by molar-refractivity contribution is -0.141. The van der Waals surface area contributed by atoms with E-state index in [1.165, 1.54) is 0 Å². The van der Waals surface area contributed by atoms with E-state index < -0.39 is 11.6 Å². The average molecular weight is 470 g/mol. The molecule has 1 aromatic carbocycles. The predicted octanol–water partition coefficient (Wildman–Crippen LogP) is 1.89. The highest BCUT2D eigenvalue weighted by atomic mass is 16.2. The van der Waals surface area contributed by atoms with Crippen molar-refractivity contribution in [1.82, 2.24) is 20.0 Å². The minimum absolute atomic E-state index is 0.0657. The minimum atomic E-state index is -0.850. The van der Waals surface area contributed by atoms with Crippen LogP contribution in [0.25, 0.3) is 0 Å². The van der Waals surface area contributed by atoms with Crippen LogP contribution in [0.5, 0.6) is 0 Å². The van der Waals surface area contributed by atoms with E-state index in [-0.39, 0.29) is 36.7 Å². The Morgan fingerprint density at radius 2 is 1.74 bits per heavy atom. The van der Waals surface area contributed by atoms with E-state index in [0.717, 1.165) is 41.0 Å². The second-order valence-electron chi connectivity index (χ2n) is 9.91. The molecular weight excluding hydrogens is 434 g/mol. The van der Waals surface area contributed by atoms with Crippen molar-refractivity contribution in [2.24, 2.45) is 5.92 Å². The molecule has 2 heterocycles. The van der Waals surface area contributed by atoms with Gasteiger partial charge in [-0.3, -0.25) is 24.2 Å². The van der Waals surface area contributed by atoms with E-state index >= 15 is 0 Å². The first-order chi connectivity index (χ1) is 16.2. The molecule has 1 spiro atoms. The third-order valence-corrected chi connectivity index (χ3v) is 7.63. The van der Waals surface area contributed by atoms with Crippen LogP contribution in [0.4, 0.5) is 10.5 Å². The Morgan fingerprint density at radius 3 is 2.38 bits per heavy atom. The summed E-state index contributed by atoms with van der Waals surface area (Å²) in [5.41, 5.74) is 2.04. The molecule has 0 aromatic heterocycles. The summed E-state index contributed by atoms with van der Waals surface area (Å²) in [4.78, 5) is 55.9. The number of nitrogens with one attached hydrogen (secondary N) is 2. The highest BCUT2D eigenvalue weighted by molar-refractivity contribution is 6.09. The Kier molecular flexibility index (Phi) is 6.93. The lowest BCUT2D eigenvalue weighted by atomic mass is 9.73. The number of carbonyl (C=O) groups excluding carboxylic acids is 4. The standard InChI is InChI=1S/C25H35N5O4/c1-17-7-6-8-18(2)22(17)26-20(31)15-28-11-13-29(14-12-28)21(32)16-30-23(33)25(27-24(30)34)10-5-4-9-19(25)3/h6-8,19H,4-5,9-16H2,1-3H3,(H,26,31)(H,27,34)/t19?,25-/m1/s1. The van der Waals surface area contributed by atoms with Gasteiger partial charge in [0.05, 0.1) is 6.54 Å². The monoisotopic (exact) mass is 469 g/mol. The number of amides is 5. The molecule has 2 aliphatic heterocycles. The molecule has 5 amide bonds. The van der Waals surface area contributed by atoms with Crippen LogP contribution < -0.4 is 10.6 Å². The maximum atomic E-state index is 13.1. The molecule has 3 aliphatic rings. The number of urea groups is 1. The van der Waals surface area contributed by atoms with Crippen LogP contribution in [0.15, 0.2) is 18.2 Å². The van der Waals surface area contributed by atoms with Gasteiger partial charge in [-0.2, -0.15) is 0 Å². The third-order valence-electron chi connectivity index (χ3n) is 7.63. The molecule has 2 N–H and O–H groups in total. The fraction of sp³-hybridized carbons (Fsp3) is 0.600. The highest BCUT2D eigenvalue weighted by Crippen LogP contribution is 2.38. The number of benzene rings is 1. The average Bonchev–Trinajstić information content (AvgIpc) is 3.03. The molecule has 0 radical (unpaired) electrons. The summed E-state index contributed by atoms with van der Waals surface area (Å²) < 4.78 is 0. The van der Waals surface area contributed by atoms with Crippen molar-refractivity contribution in [3.05, 3.63) is 29.3 Å². The van der Waals surface area contributed by atoms with Gasteiger partial charge in [-0.05, 0) is 43.7 Å². The first-order valence-corrected chi connectivity index (χ1v) is 12.2. The molecule has 184 valence electrons. The molecule has 3 fully saturated rings. The van der Waals surface area contributed by atoms with Crippen molar-refractivity contribution in [2.75, 3.05) is 44.6 Å². The summed E-state index contributed by atoms with van der Waals surface area (Å²) in [6.07, 6.45) is 3.48. The maximum absolute atomic E-state index is 13.1. The van der Waals surface area contributed by atoms with Crippen LogP contribution in [0.1, 0.15) is 43.7 Å². The van der Waals surface area contributed by atoms with Crippen LogP contribution in [0, 0.1) is 19.8 Å². The van der Waals surface area contributed by atoms with Gasteiger partial charge in [-0.1, -0.05) is 38.0 Å². The molecule has 1 aromatic rings. The normalized spacial score (nSPS) is 25.6. The fourth-order valence-electron chi connectivity index (χ4n) is 5.42. The zero-order valence-corrected chi connectivity index (χ0v) is 20.4. The molecule has 0 bridgehead atoms. The molecule has 9 heteroatoms. The van der Waals surface area contributed by atoms with E-state index in [4.69, 9.17) is 0 Å². The van der Waals surface area contributed by atoms with Crippen LogP contribution in [0.3, 0.4) is 0 Å². The molecule has 1 unspecified atom stereocenters. The number of anilines is 1. The smallest absolute Gasteiger partial charge is 0.325 e. The summed E-state index contributed by atoms with van der Waals surface area (Å²) >= 11 is 0. The number of hydrogen-bond acceptors (Lipinski definition) is 5. The number of hydrogen-bond donors (Lipinski definition) is 2. The molecule has 1 aliphatic carbocycles. The first kappa shape index (κ1) is 24.2. The SMILES string of the molecule is Cc1cccc(C)c1NC(=O)CN1CCN(C(=O)CN2C(=O)N[C@@]3(CCCCC3C)C2=O)CC1. The largest absolute Gasteiger partial charge is 0.339 e. The fourth-order valence-corrected chi connectivity index (χ4v) is 5.42. The van der Waals surface area contributed by atoms with E-state index in [9.17, 15) is 19.2 Å². The summed E-state index contributed by atoms with van der Waals surface area (Å²) in [6, 6.07) is 5.43. The van der Waals surface area contributed by atoms with Crippen molar-refractivity contribution in [3.8, 4) is 0 Å². The van der Waals surface area contributed by atoms with Crippen molar-refractivity contribution in [1.29, 1.82) is 0 Å². The Labute approximate surface area is 200 Å². The third kappa shape index (κ3) is 4.66. The van der Waals surface area contributed by atoms with Gasteiger partial charge in [-0.15, -0.1) is 0 Å². The van der Waals surface area contributed by atoms with Crippen LogP contribution in [-0.4, -0.2) is 83.3 Å². The van der Waals surface area contributed by atoms with Gasteiger partial charge in [0.2, 0.25) is 11.8 Å².